The van der Waals surface area contributed by atoms with Crippen LogP contribution in [0.2, 0.25) is 0 Å². The highest BCUT2D eigenvalue weighted by Crippen LogP contribution is 2.33. The molecule has 1 saturated carbocycles. The molecule has 0 atom stereocenters. The van der Waals surface area contributed by atoms with Crippen molar-refractivity contribution in [3.05, 3.63) is 67.4 Å². The Morgan fingerprint density at radius 3 is 2.72 bits per heavy atom. The Labute approximate surface area is 204 Å². The number of amides is 1. The maximum Gasteiger partial charge on any atom is 0.227 e. The molecule has 0 spiro atoms. The molecule has 1 aliphatic carbocycles. The Balaban J connectivity index is 1.28. The van der Waals surface area contributed by atoms with Crippen LogP contribution in [0.5, 0.6) is 0 Å². The maximum atomic E-state index is 12.2. The van der Waals surface area contributed by atoms with E-state index in [0.29, 0.717) is 5.69 Å². The van der Waals surface area contributed by atoms with Gasteiger partial charge < -0.3 is 14.9 Å². The van der Waals surface area contributed by atoms with Crippen LogP contribution in [0.4, 0.5) is 5.69 Å². The molecule has 1 aliphatic rings. The van der Waals surface area contributed by atoms with Crippen LogP contribution in [-0.4, -0.2) is 45.6 Å². The first-order chi connectivity index (χ1) is 17.6. The summed E-state index contributed by atoms with van der Waals surface area (Å²) in [6.45, 7) is 1.96. The summed E-state index contributed by atoms with van der Waals surface area (Å²) in [4.78, 5) is 33.3. The second-order valence-corrected chi connectivity index (χ2v) is 9.14. The number of anilines is 1. The summed E-state index contributed by atoms with van der Waals surface area (Å²) in [5, 5.41) is 12.6. The first-order valence-corrected chi connectivity index (χ1v) is 11.7. The topological polar surface area (TPSA) is 130 Å². The van der Waals surface area contributed by atoms with Gasteiger partial charge >= 0.3 is 0 Å². The lowest BCUT2D eigenvalue weighted by atomic mass is 10.1. The van der Waals surface area contributed by atoms with Gasteiger partial charge in [0.1, 0.15) is 5.69 Å². The third kappa shape index (κ3) is 3.50. The fourth-order valence-electron chi connectivity index (χ4n) is 4.44. The lowest BCUT2D eigenvalue weighted by Gasteiger charge is -2.06. The van der Waals surface area contributed by atoms with E-state index < -0.39 is 0 Å². The third-order valence-corrected chi connectivity index (χ3v) is 6.47. The summed E-state index contributed by atoms with van der Waals surface area (Å²) >= 11 is 0. The summed E-state index contributed by atoms with van der Waals surface area (Å²) in [5.41, 5.74) is 7.48. The minimum absolute atomic E-state index is 0.0491. The van der Waals surface area contributed by atoms with Gasteiger partial charge in [-0.15, -0.1) is 0 Å². The molecule has 0 radical (unpaired) electrons. The van der Waals surface area contributed by atoms with Gasteiger partial charge in [-0.25, -0.2) is 4.98 Å². The lowest BCUT2D eigenvalue weighted by molar-refractivity contribution is -0.117. The van der Waals surface area contributed by atoms with Gasteiger partial charge in [0.2, 0.25) is 5.91 Å². The molecule has 1 amide bonds. The Morgan fingerprint density at radius 2 is 1.89 bits per heavy atom. The zero-order valence-electron chi connectivity index (χ0n) is 19.4. The van der Waals surface area contributed by atoms with Crippen molar-refractivity contribution in [2.75, 3.05) is 5.32 Å². The van der Waals surface area contributed by atoms with Gasteiger partial charge in [-0.1, -0.05) is 0 Å². The quantitative estimate of drug-likeness (QED) is 0.339. The fraction of sp³-hybridized carbons (Fsp3) is 0.154. The van der Waals surface area contributed by atoms with Gasteiger partial charge in [0.25, 0.3) is 0 Å². The summed E-state index contributed by atoms with van der Waals surface area (Å²) in [7, 11) is 0. The number of imidazole rings is 1. The summed E-state index contributed by atoms with van der Waals surface area (Å²) < 4.78 is 1.97. The van der Waals surface area contributed by atoms with Crippen LogP contribution in [0, 0.1) is 12.8 Å². The van der Waals surface area contributed by atoms with Crippen LogP contribution in [-0.2, 0) is 4.79 Å². The molecular weight excluding hydrogens is 454 g/mol. The van der Waals surface area contributed by atoms with Crippen molar-refractivity contribution in [3.63, 3.8) is 0 Å². The number of hydrogen-bond donors (Lipinski definition) is 3. The molecule has 176 valence electrons. The number of fused-ring (bicyclic) bond motifs is 2. The largest absolute Gasteiger partial charge is 0.352 e. The Morgan fingerprint density at radius 1 is 1.00 bits per heavy atom. The number of rotatable bonds is 5. The first-order valence-electron chi connectivity index (χ1n) is 11.7. The van der Waals surface area contributed by atoms with Crippen LogP contribution in [0.1, 0.15) is 18.5 Å². The summed E-state index contributed by atoms with van der Waals surface area (Å²) in [6.07, 6.45) is 14.5. The summed E-state index contributed by atoms with van der Waals surface area (Å²) in [5.74, 6) is 0.175. The van der Waals surface area contributed by atoms with E-state index >= 15 is 0 Å². The van der Waals surface area contributed by atoms with Gasteiger partial charge in [0.15, 0.2) is 0 Å². The molecule has 0 aromatic carbocycles. The predicted molar refractivity (Wildman–Crippen MR) is 135 cm³/mol. The number of H-pyrrole nitrogens is 2. The molecule has 10 nitrogen and oxygen atoms in total. The first kappa shape index (κ1) is 20.5. The number of pyridine rings is 3. The van der Waals surface area contributed by atoms with E-state index in [0.717, 1.165) is 68.7 Å². The van der Waals surface area contributed by atoms with E-state index in [1.54, 1.807) is 31.1 Å². The average molecular weight is 476 g/mol. The minimum atomic E-state index is 0.0491. The molecule has 10 heteroatoms. The maximum absolute atomic E-state index is 12.2. The highest BCUT2D eigenvalue weighted by Gasteiger charge is 2.29. The SMILES string of the molecule is Cc1cn(-c2cncc3[nH]c(-c4n[nH]c5cnc(-c6cncc(NC(=O)C7CC7)c6)cc45)cc23)cn1. The molecular formula is C26H21N9O. The van der Waals surface area contributed by atoms with E-state index in [2.05, 4.69) is 46.5 Å². The lowest BCUT2D eigenvalue weighted by Crippen LogP contribution is -2.13. The molecule has 0 bridgehead atoms. The number of aromatic amines is 2. The van der Waals surface area contributed by atoms with Crippen molar-refractivity contribution in [2.45, 2.75) is 19.8 Å². The van der Waals surface area contributed by atoms with E-state index in [1.165, 1.54) is 0 Å². The highest BCUT2D eigenvalue weighted by atomic mass is 16.2. The van der Waals surface area contributed by atoms with Crippen LogP contribution in [0.3, 0.4) is 0 Å². The number of aromatic nitrogens is 8. The second-order valence-electron chi connectivity index (χ2n) is 9.14. The minimum Gasteiger partial charge on any atom is -0.352 e. The van der Waals surface area contributed by atoms with E-state index in [-0.39, 0.29) is 11.8 Å². The molecule has 0 aliphatic heterocycles. The normalized spacial score (nSPS) is 13.5. The number of nitrogens with zero attached hydrogens (tertiary/aromatic N) is 6. The van der Waals surface area contributed by atoms with E-state index in [4.69, 9.17) is 0 Å². The van der Waals surface area contributed by atoms with Crippen molar-refractivity contribution in [2.24, 2.45) is 5.92 Å². The molecule has 6 heterocycles. The van der Waals surface area contributed by atoms with Crippen LogP contribution in [0.25, 0.3) is 50.1 Å². The number of nitrogens with one attached hydrogen (secondary N) is 3. The monoisotopic (exact) mass is 475 g/mol. The van der Waals surface area contributed by atoms with E-state index in [9.17, 15) is 4.79 Å². The standard InChI is InChI=1S/C26H21N9O/c1-14-12-35(13-30-14)24-11-28-9-22-18(24)5-21(32-22)25-19-6-20(29-10-23(19)33-34-25)16-4-17(8-27-7-16)31-26(36)15-2-3-15/h4-13,15,32H,2-3H2,1H3,(H,31,36)(H,33,34). The molecule has 0 unspecified atom stereocenters. The zero-order valence-corrected chi connectivity index (χ0v) is 19.4. The van der Waals surface area contributed by atoms with Gasteiger partial charge in [-0.05, 0) is 38.0 Å². The van der Waals surface area contributed by atoms with Crippen LogP contribution < -0.4 is 5.32 Å². The van der Waals surface area contributed by atoms with Gasteiger partial charge in [-0.3, -0.25) is 24.8 Å². The highest BCUT2D eigenvalue weighted by molar-refractivity contribution is 5.99. The molecule has 0 saturated heterocycles. The molecule has 3 N–H and O–H groups in total. The van der Waals surface area contributed by atoms with E-state index in [1.807, 2.05) is 36.0 Å². The summed E-state index contributed by atoms with van der Waals surface area (Å²) in [6, 6.07) is 5.96. The smallest absolute Gasteiger partial charge is 0.227 e. The molecule has 6 aromatic heterocycles. The van der Waals surface area contributed by atoms with Gasteiger partial charge in [0.05, 0.1) is 70.6 Å². The predicted octanol–water partition coefficient (Wildman–Crippen LogP) is 4.41. The van der Waals surface area contributed by atoms with Crippen molar-refractivity contribution in [1.29, 1.82) is 0 Å². The fourth-order valence-corrected chi connectivity index (χ4v) is 4.44. The number of hydrogen-bond acceptors (Lipinski definition) is 6. The van der Waals surface area contributed by atoms with Gasteiger partial charge in [0, 0.05) is 34.6 Å². The Hall–Kier alpha value is -4.86. The molecule has 7 rings (SSSR count). The van der Waals surface area contributed by atoms with Crippen LogP contribution in [0.15, 0.2) is 61.7 Å². The number of carbonyl (C=O) groups is 1. The van der Waals surface area contributed by atoms with Crippen LogP contribution >= 0.6 is 0 Å². The Bertz CT molecular complexity index is 1770. The molecule has 6 aromatic rings. The second kappa shape index (κ2) is 7.84. The van der Waals surface area contributed by atoms with Crippen molar-refractivity contribution < 1.29 is 4.79 Å². The average Bonchev–Trinajstić information content (AvgIpc) is 3.30. The Kier molecular flexibility index (Phi) is 4.47. The van der Waals surface area contributed by atoms with Gasteiger partial charge in [-0.2, -0.15) is 5.10 Å². The number of carbonyl (C=O) groups excluding carboxylic acids is 1. The molecule has 1 fully saturated rings. The zero-order chi connectivity index (χ0) is 24.2. The van der Waals surface area contributed by atoms with Crippen molar-refractivity contribution >= 4 is 33.4 Å². The number of aryl methyl sites for hydroxylation is 1. The third-order valence-electron chi connectivity index (χ3n) is 6.47. The molecule has 36 heavy (non-hydrogen) atoms. The van der Waals surface area contributed by atoms with Crippen molar-refractivity contribution in [1.82, 2.24) is 39.7 Å². The van der Waals surface area contributed by atoms with Crippen molar-refractivity contribution in [3.8, 4) is 28.3 Å².